The van der Waals surface area contributed by atoms with Gasteiger partial charge in [0.1, 0.15) is 6.07 Å². The fourth-order valence-electron chi connectivity index (χ4n) is 3.62. The van der Waals surface area contributed by atoms with Crippen molar-refractivity contribution in [1.82, 2.24) is 4.57 Å². The number of fused-ring (bicyclic) bond motifs is 1. The molecular formula is C23H27N3. The highest BCUT2D eigenvalue weighted by Gasteiger charge is 2.20. The largest absolute Gasteiger partial charge is 0.388 e. The van der Waals surface area contributed by atoms with Gasteiger partial charge in [-0.3, -0.25) is 0 Å². The summed E-state index contributed by atoms with van der Waals surface area (Å²) in [6.45, 7) is 6.59. The summed E-state index contributed by atoms with van der Waals surface area (Å²) < 4.78 is 2.32. The maximum atomic E-state index is 9.91. The van der Waals surface area contributed by atoms with Crippen molar-refractivity contribution < 1.29 is 0 Å². The first-order chi connectivity index (χ1) is 12.6. The van der Waals surface area contributed by atoms with Crippen LogP contribution < -0.4 is 5.32 Å². The molecule has 1 aromatic heterocycles. The minimum Gasteiger partial charge on any atom is -0.388 e. The summed E-state index contributed by atoms with van der Waals surface area (Å²) in [5.41, 5.74) is 6.46. The second kappa shape index (κ2) is 7.66. The van der Waals surface area contributed by atoms with Crippen LogP contribution in [0, 0.1) is 11.3 Å². The molecule has 0 aliphatic heterocycles. The second-order valence-corrected chi connectivity index (χ2v) is 7.08. The summed E-state index contributed by atoms with van der Waals surface area (Å²) in [6, 6.07) is 17.6. The van der Waals surface area contributed by atoms with Crippen molar-refractivity contribution in [2.75, 3.05) is 12.4 Å². The fourth-order valence-corrected chi connectivity index (χ4v) is 3.62. The van der Waals surface area contributed by atoms with Gasteiger partial charge in [-0.05, 0) is 56.0 Å². The molecule has 134 valence electrons. The molecule has 2 aromatic carbocycles. The molecule has 0 amide bonds. The van der Waals surface area contributed by atoms with E-state index in [9.17, 15) is 5.26 Å². The zero-order valence-electron chi connectivity index (χ0n) is 16.1. The van der Waals surface area contributed by atoms with Crippen molar-refractivity contribution in [2.45, 2.75) is 46.1 Å². The Balaban J connectivity index is 2.26. The summed E-state index contributed by atoms with van der Waals surface area (Å²) in [6.07, 6.45) is 3.47. The molecule has 0 spiro atoms. The van der Waals surface area contributed by atoms with E-state index in [2.05, 4.69) is 79.2 Å². The van der Waals surface area contributed by atoms with E-state index in [0.29, 0.717) is 0 Å². The van der Waals surface area contributed by atoms with Crippen LogP contribution in [0.25, 0.3) is 22.2 Å². The Labute approximate surface area is 156 Å². The van der Waals surface area contributed by atoms with E-state index in [0.717, 1.165) is 39.8 Å². The monoisotopic (exact) mass is 345 g/mol. The second-order valence-electron chi connectivity index (χ2n) is 7.08. The van der Waals surface area contributed by atoms with Crippen LogP contribution in [-0.4, -0.2) is 11.6 Å². The Morgan fingerprint density at radius 3 is 2.42 bits per heavy atom. The Morgan fingerprint density at radius 1 is 1.12 bits per heavy atom. The molecule has 1 heterocycles. The van der Waals surface area contributed by atoms with Crippen LogP contribution in [0.3, 0.4) is 0 Å². The van der Waals surface area contributed by atoms with E-state index < -0.39 is 0 Å². The molecule has 0 aliphatic rings. The number of nitrogens with zero attached hydrogens (tertiary/aromatic N) is 2. The summed E-state index contributed by atoms with van der Waals surface area (Å²) >= 11 is 0. The van der Waals surface area contributed by atoms with Crippen molar-refractivity contribution in [3.8, 4) is 17.3 Å². The van der Waals surface area contributed by atoms with Gasteiger partial charge >= 0.3 is 0 Å². The number of nitriles is 1. The number of anilines is 1. The van der Waals surface area contributed by atoms with Crippen molar-refractivity contribution in [2.24, 2.45) is 0 Å². The van der Waals surface area contributed by atoms with Gasteiger partial charge < -0.3 is 9.88 Å². The Kier molecular flexibility index (Phi) is 5.32. The summed E-state index contributed by atoms with van der Waals surface area (Å²) in [7, 11) is 1.92. The predicted octanol–water partition coefficient (Wildman–Crippen LogP) is 6.15. The van der Waals surface area contributed by atoms with E-state index in [4.69, 9.17) is 0 Å². The molecule has 0 atom stereocenters. The van der Waals surface area contributed by atoms with Crippen LogP contribution in [0.1, 0.15) is 50.8 Å². The lowest BCUT2D eigenvalue weighted by Gasteiger charge is -2.16. The lowest BCUT2D eigenvalue weighted by atomic mass is 10.0. The molecule has 0 fully saturated rings. The Hall–Kier alpha value is -2.73. The van der Waals surface area contributed by atoms with Crippen molar-refractivity contribution in [3.63, 3.8) is 0 Å². The van der Waals surface area contributed by atoms with Crippen LogP contribution >= 0.6 is 0 Å². The molecule has 0 saturated carbocycles. The molecule has 0 bridgehead atoms. The average Bonchev–Trinajstić information content (AvgIpc) is 3.00. The van der Waals surface area contributed by atoms with Gasteiger partial charge in [0.15, 0.2) is 0 Å². The number of hydrogen-bond donors (Lipinski definition) is 1. The van der Waals surface area contributed by atoms with Gasteiger partial charge in [-0.2, -0.15) is 5.26 Å². The first kappa shape index (κ1) is 18.1. The van der Waals surface area contributed by atoms with Crippen LogP contribution in [0.5, 0.6) is 0 Å². The van der Waals surface area contributed by atoms with Crippen molar-refractivity contribution in [1.29, 1.82) is 5.26 Å². The van der Waals surface area contributed by atoms with Gasteiger partial charge in [0, 0.05) is 24.2 Å². The van der Waals surface area contributed by atoms with E-state index in [1.54, 1.807) is 0 Å². The molecule has 3 aromatic rings. The quantitative estimate of drug-likeness (QED) is 0.582. The normalized spacial score (nSPS) is 11.1. The number of benzene rings is 2. The number of unbranched alkanes of at least 4 members (excludes halogenated alkanes) is 1. The molecule has 0 aliphatic carbocycles. The van der Waals surface area contributed by atoms with Gasteiger partial charge in [0.25, 0.3) is 0 Å². The molecule has 3 rings (SSSR count). The minimum atomic E-state index is 0.278. The topological polar surface area (TPSA) is 40.8 Å². The smallest absolute Gasteiger partial charge is 0.102 e. The maximum Gasteiger partial charge on any atom is 0.102 e. The standard InChI is InChI=1S/C23H27N3/c1-5-6-7-17-8-13-20-21(15-24)23(26(16(2)3)22(20)14-17)18-9-11-19(25-4)12-10-18/h8-14,16,25H,5-7H2,1-4H3. The van der Waals surface area contributed by atoms with Gasteiger partial charge in [0.2, 0.25) is 0 Å². The Bertz CT molecular complexity index is 940. The number of hydrogen-bond acceptors (Lipinski definition) is 2. The minimum absolute atomic E-state index is 0.278. The zero-order valence-corrected chi connectivity index (χ0v) is 16.1. The SMILES string of the molecule is CCCCc1ccc2c(C#N)c(-c3ccc(NC)cc3)n(C(C)C)c2c1. The first-order valence-electron chi connectivity index (χ1n) is 9.45. The van der Waals surface area contributed by atoms with Crippen molar-refractivity contribution >= 4 is 16.6 Å². The number of rotatable bonds is 6. The van der Waals surface area contributed by atoms with Crippen LogP contribution in [0.2, 0.25) is 0 Å². The van der Waals surface area contributed by atoms with Crippen LogP contribution in [0.4, 0.5) is 5.69 Å². The van der Waals surface area contributed by atoms with Crippen LogP contribution in [-0.2, 0) is 6.42 Å². The Morgan fingerprint density at radius 2 is 1.85 bits per heavy atom. The fraction of sp³-hybridized carbons (Fsp3) is 0.348. The predicted molar refractivity (Wildman–Crippen MR) is 111 cm³/mol. The molecule has 3 heteroatoms. The summed E-state index contributed by atoms with van der Waals surface area (Å²) in [5, 5.41) is 14.1. The number of aromatic nitrogens is 1. The lowest BCUT2D eigenvalue weighted by Crippen LogP contribution is -2.03. The molecule has 1 N–H and O–H groups in total. The van der Waals surface area contributed by atoms with Gasteiger partial charge in [-0.25, -0.2) is 0 Å². The number of aryl methyl sites for hydroxylation is 1. The van der Waals surface area contributed by atoms with Crippen LogP contribution in [0.15, 0.2) is 42.5 Å². The maximum absolute atomic E-state index is 9.91. The van der Waals surface area contributed by atoms with E-state index in [-0.39, 0.29) is 6.04 Å². The molecule has 0 unspecified atom stereocenters. The van der Waals surface area contributed by atoms with Gasteiger partial charge in [0.05, 0.1) is 16.8 Å². The van der Waals surface area contributed by atoms with E-state index >= 15 is 0 Å². The van der Waals surface area contributed by atoms with E-state index in [1.165, 1.54) is 18.4 Å². The molecular weight excluding hydrogens is 318 g/mol. The van der Waals surface area contributed by atoms with Crippen molar-refractivity contribution in [3.05, 3.63) is 53.6 Å². The molecule has 0 saturated heterocycles. The molecule has 0 radical (unpaired) electrons. The third kappa shape index (κ3) is 3.20. The highest BCUT2D eigenvalue weighted by molar-refractivity contribution is 5.95. The highest BCUT2D eigenvalue weighted by Crippen LogP contribution is 2.37. The zero-order chi connectivity index (χ0) is 18.7. The van der Waals surface area contributed by atoms with Gasteiger partial charge in [-0.1, -0.05) is 37.6 Å². The summed E-state index contributed by atoms with van der Waals surface area (Å²) in [5.74, 6) is 0. The first-order valence-corrected chi connectivity index (χ1v) is 9.45. The van der Waals surface area contributed by atoms with E-state index in [1.807, 2.05) is 7.05 Å². The summed E-state index contributed by atoms with van der Waals surface area (Å²) in [4.78, 5) is 0. The average molecular weight is 345 g/mol. The lowest BCUT2D eigenvalue weighted by molar-refractivity contribution is 0.628. The third-order valence-corrected chi connectivity index (χ3v) is 4.96. The highest BCUT2D eigenvalue weighted by atomic mass is 15.0. The number of nitrogens with one attached hydrogen (secondary N) is 1. The third-order valence-electron chi connectivity index (χ3n) is 4.96. The molecule has 26 heavy (non-hydrogen) atoms. The van der Waals surface area contributed by atoms with Gasteiger partial charge in [-0.15, -0.1) is 0 Å². The molecule has 3 nitrogen and oxygen atoms in total.